The van der Waals surface area contributed by atoms with E-state index in [1.54, 1.807) is 30.3 Å². The van der Waals surface area contributed by atoms with Crippen LogP contribution >= 0.6 is 0 Å². The molecule has 0 spiro atoms. The summed E-state index contributed by atoms with van der Waals surface area (Å²) in [6.07, 6.45) is 3.38. The molecule has 9 nitrogen and oxygen atoms in total. The number of nitrogens with one attached hydrogen (secondary N) is 3. The zero-order valence-electron chi connectivity index (χ0n) is 18.9. The lowest BCUT2D eigenvalue weighted by Crippen LogP contribution is -2.31. The molecular weight excluding hydrogens is 422 g/mol. The maximum absolute atomic E-state index is 12.0. The molecule has 1 amide bonds. The van der Waals surface area contributed by atoms with Gasteiger partial charge in [0.2, 0.25) is 0 Å². The summed E-state index contributed by atoms with van der Waals surface area (Å²) in [6.45, 7) is 2.79. The fourth-order valence-corrected chi connectivity index (χ4v) is 3.47. The maximum Gasteiger partial charge on any atom is 0.412 e. The third-order valence-electron chi connectivity index (χ3n) is 5.31. The molecule has 174 valence electrons. The number of anilines is 1. The second-order valence-electron chi connectivity index (χ2n) is 7.69. The van der Waals surface area contributed by atoms with E-state index in [1.165, 1.54) is 0 Å². The molecule has 1 heterocycles. The van der Waals surface area contributed by atoms with E-state index >= 15 is 0 Å². The van der Waals surface area contributed by atoms with Gasteiger partial charge in [-0.05, 0) is 36.8 Å². The molecule has 0 atom stereocenters. The fraction of sp³-hybridized carbons (Fsp3) is 0.333. The van der Waals surface area contributed by atoms with E-state index < -0.39 is 12.1 Å². The average Bonchev–Trinajstić information content (AvgIpc) is 3.12. The number of unbranched alkanes of at least 4 members (excludes halogenated alkanes) is 3. The largest absolute Gasteiger partial charge is 0.478 e. The number of rotatable bonds is 10. The van der Waals surface area contributed by atoms with Crippen LogP contribution in [0.5, 0.6) is 0 Å². The van der Waals surface area contributed by atoms with Gasteiger partial charge in [0.25, 0.3) is 0 Å². The standard InChI is InChI=1S/C24H29N5O4/c1-3-4-5-8-13-33-24(32)28-22(25)17-9-6-7-10-18(17)26-15-21-27-19-14-16(23(30)31)11-12-20(19)29(21)2/h6-7,9-12,14,26H,3-5,8,13,15H2,1-2H3,(H,30,31)(H2,25,28,32). The molecule has 3 rings (SSSR count). The van der Waals surface area contributed by atoms with Crippen molar-refractivity contribution in [3.8, 4) is 0 Å². The lowest BCUT2D eigenvalue weighted by molar-refractivity contribution is 0.0697. The van der Waals surface area contributed by atoms with Crippen molar-refractivity contribution >= 4 is 34.6 Å². The number of fused-ring (bicyclic) bond motifs is 1. The Balaban J connectivity index is 1.65. The minimum atomic E-state index is -0.998. The number of ether oxygens (including phenoxy) is 1. The number of amidine groups is 1. The van der Waals surface area contributed by atoms with Crippen LogP contribution in [0.4, 0.5) is 10.5 Å². The molecule has 0 fully saturated rings. The van der Waals surface area contributed by atoms with Gasteiger partial charge in [-0.25, -0.2) is 14.6 Å². The molecule has 0 saturated heterocycles. The molecule has 4 N–H and O–H groups in total. The molecule has 0 aliphatic rings. The van der Waals surface area contributed by atoms with Gasteiger partial charge in [0, 0.05) is 18.3 Å². The van der Waals surface area contributed by atoms with Crippen LogP contribution < -0.4 is 10.6 Å². The molecule has 0 aliphatic heterocycles. The smallest absolute Gasteiger partial charge is 0.412 e. The van der Waals surface area contributed by atoms with Crippen molar-refractivity contribution < 1.29 is 19.4 Å². The molecule has 3 aromatic rings. The molecule has 2 aromatic carbocycles. The number of hydrogen-bond acceptors (Lipinski definition) is 6. The van der Waals surface area contributed by atoms with Crippen molar-refractivity contribution in [2.24, 2.45) is 7.05 Å². The van der Waals surface area contributed by atoms with Crippen LogP contribution in [-0.4, -0.2) is 39.2 Å². The van der Waals surface area contributed by atoms with Crippen LogP contribution in [0.1, 0.15) is 54.4 Å². The van der Waals surface area contributed by atoms with Crippen LogP contribution in [-0.2, 0) is 18.3 Å². The number of amides is 1. The second-order valence-corrected chi connectivity index (χ2v) is 7.69. The molecular formula is C24H29N5O4. The Hall–Kier alpha value is -3.88. The number of para-hydroxylation sites is 1. The van der Waals surface area contributed by atoms with E-state index in [0.29, 0.717) is 35.7 Å². The number of alkyl carbamates (subject to hydrolysis) is 1. The van der Waals surface area contributed by atoms with Gasteiger partial charge in [-0.1, -0.05) is 38.3 Å². The van der Waals surface area contributed by atoms with Gasteiger partial charge in [-0.2, -0.15) is 0 Å². The predicted molar refractivity (Wildman–Crippen MR) is 127 cm³/mol. The summed E-state index contributed by atoms with van der Waals surface area (Å²) in [5.74, 6) is -0.359. The van der Waals surface area contributed by atoms with Gasteiger partial charge in [0.05, 0.1) is 29.7 Å². The zero-order valence-corrected chi connectivity index (χ0v) is 18.9. The van der Waals surface area contributed by atoms with Crippen molar-refractivity contribution in [2.45, 2.75) is 39.2 Å². The first-order valence-corrected chi connectivity index (χ1v) is 10.9. The SMILES string of the molecule is CCCCCCOC(=O)NC(=N)c1ccccc1NCc1nc2cc(C(=O)O)ccc2n1C. The highest BCUT2D eigenvalue weighted by Gasteiger charge is 2.14. The van der Waals surface area contributed by atoms with E-state index in [2.05, 4.69) is 22.5 Å². The Morgan fingerprint density at radius 3 is 2.70 bits per heavy atom. The highest BCUT2D eigenvalue weighted by Crippen LogP contribution is 2.20. The number of imidazole rings is 1. The Labute approximate surface area is 192 Å². The normalized spacial score (nSPS) is 10.7. The summed E-state index contributed by atoms with van der Waals surface area (Å²) < 4.78 is 7.04. The van der Waals surface area contributed by atoms with Crippen molar-refractivity contribution in [3.63, 3.8) is 0 Å². The summed E-state index contributed by atoms with van der Waals surface area (Å²) in [5.41, 5.74) is 2.78. The number of carboxylic acids is 1. The van der Waals surface area contributed by atoms with Crippen LogP contribution in [0.15, 0.2) is 42.5 Å². The van der Waals surface area contributed by atoms with Crippen molar-refractivity contribution in [1.29, 1.82) is 5.41 Å². The van der Waals surface area contributed by atoms with Crippen molar-refractivity contribution in [2.75, 3.05) is 11.9 Å². The zero-order chi connectivity index (χ0) is 23.8. The number of nitrogens with zero attached hydrogens (tertiary/aromatic N) is 2. The summed E-state index contributed by atoms with van der Waals surface area (Å²) in [7, 11) is 1.86. The highest BCUT2D eigenvalue weighted by molar-refractivity contribution is 6.07. The maximum atomic E-state index is 12.0. The monoisotopic (exact) mass is 451 g/mol. The Morgan fingerprint density at radius 1 is 1.15 bits per heavy atom. The van der Waals surface area contributed by atoms with Crippen LogP contribution in [0.25, 0.3) is 11.0 Å². The number of aromatic carboxylic acids is 1. The van der Waals surface area contributed by atoms with E-state index in [4.69, 9.17) is 10.1 Å². The van der Waals surface area contributed by atoms with Crippen molar-refractivity contribution in [3.05, 3.63) is 59.4 Å². The van der Waals surface area contributed by atoms with Gasteiger partial charge >= 0.3 is 12.1 Å². The Bertz CT molecular complexity index is 1150. The molecule has 0 aliphatic carbocycles. The summed E-state index contributed by atoms with van der Waals surface area (Å²) in [4.78, 5) is 27.8. The first-order chi connectivity index (χ1) is 15.9. The molecule has 9 heteroatoms. The number of carbonyl (C=O) groups is 2. The molecule has 1 aromatic heterocycles. The fourth-order valence-electron chi connectivity index (χ4n) is 3.47. The average molecular weight is 452 g/mol. The Morgan fingerprint density at radius 2 is 1.94 bits per heavy atom. The topological polar surface area (TPSA) is 129 Å². The number of aryl methyl sites for hydroxylation is 1. The summed E-state index contributed by atoms with van der Waals surface area (Å²) >= 11 is 0. The number of carboxylic acid groups (broad SMARTS) is 1. The molecule has 0 radical (unpaired) electrons. The minimum absolute atomic E-state index is 0.0623. The third kappa shape index (κ3) is 6.09. The Kier molecular flexibility index (Phi) is 8.01. The summed E-state index contributed by atoms with van der Waals surface area (Å²) in [6, 6.07) is 12.0. The van der Waals surface area contributed by atoms with Crippen LogP contribution in [0.3, 0.4) is 0 Å². The van der Waals surface area contributed by atoms with Gasteiger partial charge < -0.3 is 19.7 Å². The number of carbonyl (C=O) groups excluding carboxylic acids is 1. The van der Waals surface area contributed by atoms with E-state index in [0.717, 1.165) is 31.2 Å². The first-order valence-electron chi connectivity index (χ1n) is 10.9. The van der Waals surface area contributed by atoms with E-state index in [-0.39, 0.29) is 11.4 Å². The molecule has 0 unspecified atom stereocenters. The van der Waals surface area contributed by atoms with Crippen molar-refractivity contribution in [1.82, 2.24) is 14.9 Å². The van der Waals surface area contributed by atoms with Gasteiger partial charge in [-0.3, -0.25) is 10.7 Å². The minimum Gasteiger partial charge on any atom is -0.478 e. The van der Waals surface area contributed by atoms with Gasteiger partial charge in [0.15, 0.2) is 0 Å². The van der Waals surface area contributed by atoms with E-state index in [1.807, 2.05) is 23.7 Å². The van der Waals surface area contributed by atoms with Gasteiger partial charge in [-0.15, -0.1) is 0 Å². The first kappa shape index (κ1) is 23.8. The predicted octanol–water partition coefficient (Wildman–Crippen LogP) is 4.52. The van der Waals surface area contributed by atoms with Crippen LogP contribution in [0, 0.1) is 5.41 Å². The number of hydrogen-bond donors (Lipinski definition) is 4. The molecule has 0 saturated carbocycles. The second kappa shape index (κ2) is 11.1. The summed E-state index contributed by atoms with van der Waals surface area (Å²) in [5, 5.41) is 23.2. The molecule has 0 bridgehead atoms. The highest BCUT2D eigenvalue weighted by atomic mass is 16.5. The quantitative estimate of drug-likeness (QED) is 0.204. The van der Waals surface area contributed by atoms with Crippen LogP contribution in [0.2, 0.25) is 0 Å². The lowest BCUT2D eigenvalue weighted by Gasteiger charge is -2.14. The number of aromatic nitrogens is 2. The lowest BCUT2D eigenvalue weighted by atomic mass is 10.1. The number of benzene rings is 2. The van der Waals surface area contributed by atoms with Gasteiger partial charge in [0.1, 0.15) is 11.7 Å². The molecule has 33 heavy (non-hydrogen) atoms. The third-order valence-corrected chi connectivity index (χ3v) is 5.31. The van der Waals surface area contributed by atoms with E-state index in [9.17, 15) is 14.7 Å².